The molecule has 0 atom stereocenters. The largest absolute Gasteiger partial charge is 0.407 e. The number of aryl methyl sites for hydroxylation is 2. The molecule has 0 spiro atoms. The Labute approximate surface area is 192 Å². The Hall–Kier alpha value is -3.20. The summed E-state index contributed by atoms with van der Waals surface area (Å²) in [4.78, 5) is 22.4. The second-order valence-electron chi connectivity index (χ2n) is 8.02. The van der Waals surface area contributed by atoms with Gasteiger partial charge < -0.3 is 14.6 Å². The van der Waals surface area contributed by atoms with Gasteiger partial charge >= 0.3 is 0 Å². The molecular formula is C22H26N6O4S. The van der Waals surface area contributed by atoms with Crippen molar-refractivity contribution < 1.29 is 13.2 Å². The van der Waals surface area contributed by atoms with Gasteiger partial charge in [-0.1, -0.05) is 19.8 Å². The molecule has 11 heteroatoms. The molecule has 1 aliphatic rings. The first-order valence-electron chi connectivity index (χ1n) is 10.7. The Morgan fingerprint density at radius 2 is 1.94 bits per heavy atom. The Morgan fingerprint density at radius 3 is 2.61 bits per heavy atom. The molecule has 1 fully saturated rings. The van der Waals surface area contributed by atoms with Crippen molar-refractivity contribution in [2.24, 2.45) is 7.05 Å². The highest BCUT2D eigenvalue weighted by atomic mass is 32.2. The van der Waals surface area contributed by atoms with Crippen LogP contribution in [0.5, 0.6) is 5.75 Å². The average Bonchev–Trinajstić information content (AvgIpc) is 3.10. The predicted octanol–water partition coefficient (Wildman–Crippen LogP) is 1.18. The molecule has 1 saturated heterocycles. The molecule has 1 N–H and O–H groups in total. The van der Waals surface area contributed by atoms with Crippen molar-refractivity contribution in [2.45, 2.75) is 24.7 Å². The first-order valence-corrected chi connectivity index (χ1v) is 12.1. The molecule has 0 saturated carbocycles. The van der Waals surface area contributed by atoms with Gasteiger partial charge in [-0.25, -0.2) is 13.4 Å². The maximum absolute atomic E-state index is 13.3. The van der Waals surface area contributed by atoms with Gasteiger partial charge in [0.15, 0.2) is 11.3 Å². The maximum Gasteiger partial charge on any atom is 0.277 e. The number of piperazine rings is 1. The lowest BCUT2D eigenvalue weighted by Crippen LogP contribution is -2.47. The van der Waals surface area contributed by atoms with Crippen LogP contribution in [0.1, 0.15) is 19.0 Å². The van der Waals surface area contributed by atoms with Crippen molar-refractivity contribution in [3.63, 3.8) is 0 Å². The van der Waals surface area contributed by atoms with E-state index in [1.54, 1.807) is 7.05 Å². The van der Waals surface area contributed by atoms with Gasteiger partial charge in [0.2, 0.25) is 10.0 Å². The number of aromatic amines is 1. The fraction of sp³-hybridized carbons (Fsp3) is 0.409. The number of hydrogen-bond acceptors (Lipinski definition) is 7. The summed E-state index contributed by atoms with van der Waals surface area (Å²) in [6.45, 7) is 4.11. The van der Waals surface area contributed by atoms with E-state index in [1.807, 2.05) is 14.0 Å². The number of nitrogens with one attached hydrogen (secondary N) is 1. The Morgan fingerprint density at radius 1 is 1.21 bits per heavy atom. The van der Waals surface area contributed by atoms with E-state index >= 15 is 0 Å². The van der Waals surface area contributed by atoms with E-state index in [2.05, 4.69) is 26.1 Å². The number of benzene rings is 1. The third-order valence-electron chi connectivity index (χ3n) is 5.72. The summed E-state index contributed by atoms with van der Waals surface area (Å²) in [5.41, 5.74) is 1.42. The van der Waals surface area contributed by atoms with E-state index in [0.717, 1.165) is 6.42 Å². The molecule has 10 nitrogen and oxygen atoms in total. The molecule has 1 aliphatic heterocycles. The highest BCUT2D eigenvalue weighted by Crippen LogP contribution is 2.32. The van der Waals surface area contributed by atoms with Crippen LogP contribution in [0, 0.1) is 12.5 Å². The van der Waals surface area contributed by atoms with Crippen LogP contribution >= 0.6 is 0 Å². The summed E-state index contributed by atoms with van der Waals surface area (Å²) >= 11 is 0. The van der Waals surface area contributed by atoms with Gasteiger partial charge in [0, 0.05) is 33.2 Å². The minimum atomic E-state index is -3.75. The molecular weight excluding hydrogens is 444 g/mol. The number of likely N-dealkylation sites (N-methyl/N-ethyl adjacent to an activating group) is 1. The normalized spacial score (nSPS) is 15.6. The van der Waals surface area contributed by atoms with E-state index in [9.17, 15) is 13.2 Å². The molecule has 174 valence electrons. The van der Waals surface area contributed by atoms with Crippen molar-refractivity contribution in [3.05, 3.63) is 34.2 Å². The van der Waals surface area contributed by atoms with E-state index in [1.165, 1.54) is 27.2 Å². The van der Waals surface area contributed by atoms with Gasteiger partial charge in [0.25, 0.3) is 5.56 Å². The number of hydrogen-bond donors (Lipinski definition) is 1. The molecule has 0 radical (unpaired) electrons. The number of fused-ring (bicyclic) bond motifs is 1. The molecule has 33 heavy (non-hydrogen) atoms. The Bertz CT molecular complexity index is 1390. The van der Waals surface area contributed by atoms with Gasteiger partial charge in [0.05, 0.1) is 16.2 Å². The van der Waals surface area contributed by atoms with Crippen LogP contribution < -0.4 is 10.3 Å². The molecule has 3 aromatic rings. The Balaban J connectivity index is 1.86. The third kappa shape index (κ3) is 4.25. The van der Waals surface area contributed by atoms with E-state index in [-0.39, 0.29) is 27.6 Å². The zero-order chi connectivity index (χ0) is 23.8. The number of sulfonamides is 1. The van der Waals surface area contributed by atoms with Gasteiger partial charge in [0.1, 0.15) is 17.4 Å². The number of rotatable bonds is 6. The van der Waals surface area contributed by atoms with Crippen LogP contribution in [0.4, 0.5) is 0 Å². The van der Waals surface area contributed by atoms with Crippen LogP contribution in [-0.4, -0.2) is 70.6 Å². The first-order chi connectivity index (χ1) is 15.8. The quantitative estimate of drug-likeness (QED) is 0.538. The van der Waals surface area contributed by atoms with Crippen molar-refractivity contribution >= 4 is 21.1 Å². The van der Waals surface area contributed by atoms with Crippen LogP contribution in [0.25, 0.3) is 22.4 Å². The number of ether oxygens (including phenoxy) is 1. The number of nitrogens with zero attached hydrogens (tertiary/aromatic N) is 5. The number of terminal acetylenes is 1. The van der Waals surface area contributed by atoms with Crippen LogP contribution in [0.3, 0.4) is 0 Å². The highest BCUT2D eigenvalue weighted by molar-refractivity contribution is 7.89. The predicted molar refractivity (Wildman–Crippen MR) is 124 cm³/mol. The van der Waals surface area contributed by atoms with Gasteiger partial charge in [-0.15, -0.1) is 0 Å². The van der Waals surface area contributed by atoms with E-state index in [0.29, 0.717) is 49.3 Å². The lowest BCUT2D eigenvalue weighted by Gasteiger charge is -2.31. The van der Waals surface area contributed by atoms with Crippen molar-refractivity contribution in [1.82, 2.24) is 29.0 Å². The zero-order valence-electron chi connectivity index (χ0n) is 18.8. The molecule has 1 aromatic carbocycles. The van der Waals surface area contributed by atoms with Crippen LogP contribution in [-0.2, 0) is 23.5 Å². The number of H-pyrrole nitrogens is 1. The van der Waals surface area contributed by atoms with Gasteiger partial charge in [-0.05, 0) is 31.7 Å². The van der Waals surface area contributed by atoms with E-state index < -0.39 is 10.0 Å². The molecule has 0 amide bonds. The molecule has 0 unspecified atom stereocenters. The smallest absolute Gasteiger partial charge is 0.277 e. The fourth-order valence-electron chi connectivity index (χ4n) is 3.96. The minimum absolute atomic E-state index is 0.0779. The van der Waals surface area contributed by atoms with Crippen molar-refractivity contribution in [1.29, 1.82) is 0 Å². The molecule has 2 aromatic heterocycles. The summed E-state index contributed by atoms with van der Waals surface area (Å²) in [7, 11) is -0.105. The third-order valence-corrected chi connectivity index (χ3v) is 7.62. The average molecular weight is 471 g/mol. The SMILES string of the molecule is C#COc1ccc(S(=O)(=O)N2CCN(C)CC2)cc1-c1nc2c(CCC)nn(C)c2c(=O)[nH]1. The van der Waals surface area contributed by atoms with Crippen molar-refractivity contribution in [2.75, 3.05) is 33.2 Å². The maximum atomic E-state index is 13.3. The van der Waals surface area contributed by atoms with Crippen LogP contribution in [0.2, 0.25) is 0 Å². The number of aromatic nitrogens is 4. The Kier molecular flexibility index (Phi) is 6.25. The second kappa shape index (κ2) is 8.97. The van der Waals surface area contributed by atoms with Crippen LogP contribution in [0.15, 0.2) is 27.9 Å². The highest BCUT2D eigenvalue weighted by Gasteiger charge is 2.29. The summed E-state index contributed by atoms with van der Waals surface area (Å²) in [6, 6.07) is 4.38. The first kappa shape index (κ1) is 23.0. The lowest BCUT2D eigenvalue weighted by molar-refractivity contribution is 0.222. The van der Waals surface area contributed by atoms with Gasteiger partial charge in [-0.2, -0.15) is 9.40 Å². The zero-order valence-corrected chi connectivity index (χ0v) is 19.6. The molecule has 0 aliphatic carbocycles. The summed E-state index contributed by atoms with van der Waals surface area (Å²) in [5, 5.41) is 4.42. The fourth-order valence-corrected chi connectivity index (χ4v) is 5.41. The molecule has 3 heterocycles. The second-order valence-corrected chi connectivity index (χ2v) is 9.96. The standard InChI is InChI=1S/C22H26N6O4S/c1-5-7-17-19-20(27(4)25-17)22(29)24-21(23-19)16-14-15(8-9-18(16)32-6-2)33(30,31)28-12-10-26(3)11-13-28/h2,8-9,14H,5,7,10-13H2,1,3-4H3,(H,23,24,29). The van der Waals surface area contributed by atoms with E-state index in [4.69, 9.17) is 11.2 Å². The topological polar surface area (TPSA) is 113 Å². The lowest BCUT2D eigenvalue weighted by atomic mass is 10.1. The summed E-state index contributed by atoms with van der Waals surface area (Å²) < 4.78 is 34.8. The summed E-state index contributed by atoms with van der Waals surface area (Å²) in [5.74, 6) is 0.386. The molecule has 0 bridgehead atoms. The summed E-state index contributed by atoms with van der Waals surface area (Å²) in [6.07, 6.45) is 8.93. The monoisotopic (exact) mass is 470 g/mol. The van der Waals surface area contributed by atoms with Crippen molar-refractivity contribution in [3.8, 4) is 29.7 Å². The van der Waals surface area contributed by atoms with Gasteiger partial charge in [-0.3, -0.25) is 9.48 Å². The minimum Gasteiger partial charge on any atom is -0.407 e. The molecule has 4 rings (SSSR count).